The molecule has 0 saturated carbocycles. The van der Waals surface area contributed by atoms with Crippen LogP contribution in [0, 0.1) is 11.3 Å². The van der Waals surface area contributed by atoms with Crippen molar-refractivity contribution in [1.29, 1.82) is 5.26 Å². The second kappa shape index (κ2) is 4.52. The number of hydrogen-bond acceptors (Lipinski definition) is 3. The molecule has 0 aromatic heterocycles. The molecular formula is C11H12ClN3O. The van der Waals surface area contributed by atoms with Crippen LogP contribution in [0.1, 0.15) is 19.4 Å². The smallest absolute Gasteiger partial charge is 0.243 e. The standard InChI is InChI=1S/C11H12ClN3O/c1-11(2,14)10(16)15-9-5-7(6-13)3-4-8(9)12/h3-5H,14H2,1-2H3,(H,15,16). The van der Waals surface area contributed by atoms with Gasteiger partial charge in [0.05, 0.1) is 27.9 Å². The molecule has 0 aliphatic carbocycles. The summed E-state index contributed by atoms with van der Waals surface area (Å²) in [6.07, 6.45) is 0. The molecule has 0 fully saturated rings. The van der Waals surface area contributed by atoms with Gasteiger partial charge in [-0.2, -0.15) is 5.26 Å². The molecule has 0 saturated heterocycles. The molecule has 4 nitrogen and oxygen atoms in total. The third-order valence-electron chi connectivity index (χ3n) is 1.93. The number of halogens is 1. The first-order valence-corrected chi connectivity index (χ1v) is 5.02. The molecule has 0 heterocycles. The van der Waals surface area contributed by atoms with Gasteiger partial charge in [0.25, 0.3) is 0 Å². The van der Waals surface area contributed by atoms with Gasteiger partial charge in [-0.3, -0.25) is 4.79 Å². The maximum atomic E-state index is 11.6. The first-order chi connectivity index (χ1) is 7.34. The molecule has 0 unspecified atom stereocenters. The Morgan fingerprint density at radius 3 is 2.69 bits per heavy atom. The monoisotopic (exact) mass is 237 g/mol. The van der Waals surface area contributed by atoms with Crippen LogP contribution in [0.5, 0.6) is 0 Å². The summed E-state index contributed by atoms with van der Waals surface area (Å²) in [6, 6.07) is 6.60. The lowest BCUT2D eigenvalue weighted by molar-refractivity contribution is -0.120. The highest BCUT2D eigenvalue weighted by Gasteiger charge is 2.22. The fourth-order valence-electron chi connectivity index (χ4n) is 0.974. The van der Waals surface area contributed by atoms with Gasteiger partial charge in [0.15, 0.2) is 0 Å². The Morgan fingerprint density at radius 1 is 1.56 bits per heavy atom. The molecule has 5 heteroatoms. The molecule has 1 amide bonds. The second-order valence-electron chi connectivity index (χ2n) is 3.98. The Hall–Kier alpha value is -1.57. The third-order valence-corrected chi connectivity index (χ3v) is 2.26. The molecule has 1 aromatic rings. The zero-order chi connectivity index (χ0) is 12.3. The Kier molecular flexibility index (Phi) is 3.53. The van der Waals surface area contributed by atoms with E-state index in [1.807, 2.05) is 6.07 Å². The zero-order valence-electron chi connectivity index (χ0n) is 9.04. The number of hydrogen-bond donors (Lipinski definition) is 2. The van der Waals surface area contributed by atoms with Crippen LogP contribution in [-0.4, -0.2) is 11.4 Å². The minimum atomic E-state index is -0.994. The quantitative estimate of drug-likeness (QED) is 0.824. The summed E-state index contributed by atoms with van der Waals surface area (Å²) < 4.78 is 0. The SMILES string of the molecule is CC(C)(N)C(=O)Nc1cc(C#N)ccc1Cl. The summed E-state index contributed by atoms with van der Waals surface area (Å²) >= 11 is 5.88. The van der Waals surface area contributed by atoms with Crippen molar-refractivity contribution >= 4 is 23.2 Å². The van der Waals surface area contributed by atoms with E-state index in [0.717, 1.165) is 0 Å². The number of nitrogens with one attached hydrogen (secondary N) is 1. The average molecular weight is 238 g/mol. The Balaban J connectivity index is 2.98. The lowest BCUT2D eigenvalue weighted by atomic mass is 10.1. The van der Waals surface area contributed by atoms with Gasteiger partial charge >= 0.3 is 0 Å². The van der Waals surface area contributed by atoms with Crippen molar-refractivity contribution in [3.05, 3.63) is 28.8 Å². The molecule has 84 valence electrons. The summed E-state index contributed by atoms with van der Waals surface area (Å²) in [5.74, 6) is -0.357. The highest BCUT2D eigenvalue weighted by Crippen LogP contribution is 2.23. The molecule has 3 N–H and O–H groups in total. The Labute approximate surface area is 99.0 Å². The van der Waals surface area contributed by atoms with Gasteiger partial charge in [-0.15, -0.1) is 0 Å². The van der Waals surface area contributed by atoms with Crippen molar-refractivity contribution in [1.82, 2.24) is 0 Å². The van der Waals surface area contributed by atoms with Crippen LogP contribution in [-0.2, 0) is 4.79 Å². The Morgan fingerprint density at radius 2 is 2.19 bits per heavy atom. The van der Waals surface area contributed by atoms with E-state index in [1.165, 1.54) is 6.07 Å². The summed E-state index contributed by atoms with van der Waals surface area (Å²) in [6.45, 7) is 3.18. The van der Waals surface area contributed by atoms with Crippen molar-refractivity contribution in [2.75, 3.05) is 5.32 Å². The molecular weight excluding hydrogens is 226 g/mol. The first kappa shape index (κ1) is 12.5. The van der Waals surface area contributed by atoms with E-state index in [2.05, 4.69) is 5.32 Å². The lowest BCUT2D eigenvalue weighted by Gasteiger charge is -2.18. The molecule has 0 aliphatic rings. The van der Waals surface area contributed by atoms with Gasteiger partial charge in [-0.1, -0.05) is 11.6 Å². The third kappa shape index (κ3) is 2.96. The minimum Gasteiger partial charge on any atom is -0.323 e. The second-order valence-corrected chi connectivity index (χ2v) is 4.39. The van der Waals surface area contributed by atoms with E-state index in [-0.39, 0.29) is 5.91 Å². The number of benzene rings is 1. The van der Waals surface area contributed by atoms with Gasteiger partial charge in [0, 0.05) is 0 Å². The number of anilines is 1. The number of nitrogens with two attached hydrogens (primary N) is 1. The zero-order valence-corrected chi connectivity index (χ0v) is 9.80. The van der Waals surface area contributed by atoms with Crippen LogP contribution in [0.15, 0.2) is 18.2 Å². The molecule has 0 spiro atoms. The summed E-state index contributed by atoms with van der Waals surface area (Å²) in [4.78, 5) is 11.6. The van der Waals surface area contributed by atoms with Crippen molar-refractivity contribution in [3.63, 3.8) is 0 Å². The predicted octanol–water partition coefficient (Wildman–Crippen LogP) is 1.89. The number of nitrogens with zero attached hydrogens (tertiary/aromatic N) is 1. The first-order valence-electron chi connectivity index (χ1n) is 4.64. The number of carbonyl (C=O) groups is 1. The molecule has 16 heavy (non-hydrogen) atoms. The van der Waals surface area contributed by atoms with Crippen LogP contribution < -0.4 is 11.1 Å². The molecule has 0 atom stereocenters. The Bertz CT molecular complexity index is 457. The van der Waals surface area contributed by atoms with Gasteiger partial charge in [-0.05, 0) is 32.0 Å². The number of amides is 1. The van der Waals surface area contributed by atoms with Crippen LogP contribution >= 0.6 is 11.6 Å². The average Bonchev–Trinajstić information content (AvgIpc) is 2.19. The minimum absolute atomic E-state index is 0.357. The predicted molar refractivity (Wildman–Crippen MR) is 63.1 cm³/mol. The maximum absolute atomic E-state index is 11.6. The summed E-state index contributed by atoms with van der Waals surface area (Å²) in [5.41, 5.74) is 5.45. The van der Waals surface area contributed by atoms with E-state index in [1.54, 1.807) is 26.0 Å². The molecule has 0 radical (unpaired) electrons. The van der Waals surface area contributed by atoms with Gasteiger partial charge in [-0.25, -0.2) is 0 Å². The van der Waals surface area contributed by atoms with E-state index >= 15 is 0 Å². The van der Waals surface area contributed by atoms with E-state index in [4.69, 9.17) is 22.6 Å². The number of carbonyl (C=O) groups excluding carboxylic acids is 1. The van der Waals surface area contributed by atoms with Crippen molar-refractivity contribution in [2.45, 2.75) is 19.4 Å². The van der Waals surface area contributed by atoms with Crippen LogP contribution in [0.25, 0.3) is 0 Å². The lowest BCUT2D eigenvalue weighted by Crippen LogP contribution is -2.45. The van der Waals surface area contributed by atoms with Crippen LogP contribution in [0.2, 0.25) is 5.02 Å². The van der Waals surface area contributed by atoms with E-state index in [0.29, 0.717) is 16.3 Å². The van der Waals surface area contributed by atoms with E-state index < -0.39 is 5.54 Å². The van der Waals surface area contributed by atoms with Gasteiger partial charge in [0.1, 0.15) is 0 Å². The van der Waals surface area contributed by atoms with Crippen molar-refractivity contribution < 1.29 is 4.79 Å². The molecule has 1 rings (SSSR count). The van der Waals surface area contributed by atoms with Crippen molar-refractivity contribution in [3.8, 4) is 6.07 Å². The number of nitriles is 1. The highest BCUT2D eigenvalue weighted by atomic mass is 35.5. The molecule has 0 bridgehead atoms. The highest BCUT2D eigenvalue weighted by molar-refractivity contribution is 6.33. The topological polar surface area (TPSA) is 78.9 Å². The summed E-state index contributed by atoms with van der Waals surface area (Å²) in [5, 5.41) is 11.7. The maximum Gasteiger partial charge on any atom is 0.243 e. The van der Waals surface area contributed by atoms with Gasteiger partial charge in [0.2, 0.25) is 5.91 Å². The molecule has 0 aliphatic heterocycles. The van der Waals surface area contributed by atoms with Crippen molar-refractivity contribution in [2.24, 2.45) is 5.73 Å². The summed E-state index contributed by atoms with van der Waals surface area (Å²) in [7, 11) is 0. The normalized spacial score (nSPS) is 10.7. The van der Waals surface area contributed by atoms with E-state index in [9.17, 15) is 4.79 Å². The fourth-order valence-corrected chi connectivity index (χ4v) is 1.14. The van der Waals surface area contributed by atoms with Crippen LogP contribution in [0.3, 0.4) is 0 Å². The largest absolute Gasteiger partial charge is 0.323 e. The van der Waals surface area contributed by atoms with Gasteiger partial charge < -0.3 is 11.1 Å². The number of rotatable bonds is 2. The van der Waals surface area contributed by atoms with Crippen LogP contribution in [0.4, 0.5) is 5.69 Å². The molecule has 1 aromatic carbocycles. The fraction of sp³-hybridized carbons (Fsp3) is 0.273.